The van der Waals surface area contributed by atoms with Gasteiger partial charge in [0.1, 0.15) is 16.6 Å². The molecule has 0 bridgehead atoms. The molecule has 0 saturated carbocycles. The van der Waals surface area contributed by atoms with Crippen molar-refractivity contribution in [2.24, 2.45) is 0 Å². The van der Waals surface area contributed by atoms with E-state index in [0.29, 0.717) is 10.6 Å². The van der Waals surface area contributed by atoms with E-state index < -0.39 is 0 Å². The van der Waals surface area contributed by atoms with E-state index in [0.717, 1.165) is 5.69 Å². The second kappa shape index (κ2) is 3.33. The first kappa shape index (κ1) is 7.90. The molecule has 0 atom stereocenters. The molecule has 3 nitrogen and oxygen atoms in total. The van der Waals surface area contributed by atoms with Crippen LogP contribution in [0, 0.1) is 11.3 Å². The average molecular weight is 187 g/mol. The van der Waals surface area contributed by atoms with E-state index in [-0.39, 0.29) is 0 Å². The van der Waals surface area contributed by atoms with Crippen molar-refractivity contribution >= 4 is 11.3 Å². The van der Waals surface area contributed by atoms with Crippen molar-refractivity contribution in [2.75, 3.05) is 0 Å². The monoisotopic (exact) mass is 187 g/mol. The lowest BCUT2D eigenvalue weighted by atomic mass is 10.2. The molecule has 0 radical (unpaired) electrons. The SMILES string of the molecule is N#Cc1scnc1-c1ccccn1. The molecular weight excluding hydrogens is 182 g/mol. The minimum atomic E-state index is 0.610. The van der Waals surface area contributed by atoms with Gasteiger partial charge in [-0.3, -0.25) is 4.98 Å². The number of rotatable bonds is 1. The van der Waals surface area contributed by atoms with E-state index >= 15 is 0 Å². The molecule has 62 valence electrons. The molecule has 0 aliphatic heterocycles. The van der Waals surface area contributed by atoms with Gasteiger partial charge < -0.3 is 0 Å². The molecule has 0 amide bonds. The first-order valence-corrected chi connectivity index (χ1v) is 4.55. The van der Waals surface area contributed by atoms with Crippen LogP contribution in [0.25, 0.3) is 11.4 Å². The Balaban J connectivity index is 2.54. The first-order chi connectivity index (χ1) is 6.42. The summed E-state index contributed by atoms with van der Waals surface area (Å²) in [6, 6.07) is 7.65. The lowest BCUT2D eigenvalue weighted by molar-refractivity contribution is 1.27. The van der Waals surface area contributed by atoms with Gasteiger partial charge in [0.15, 0.2) is 0 Å². The summed E-state index contributed by atoms with van der Waals surface area (Å²) in [6.07, 6.45) is 1.69. The van der Waals surface area contributed by atoms with Gasteiger partial charge in [-0.05, 0) is 12.1 Å². The maximum absolute atomic E-state index is 8.76. The zero-order valence-electron chi connectivity index (χ0n) is 6.64. The third kappa shape index (κ3) is 1.42. The molecule has 2 heterocycles. The van der Waals surface area contributed by atoms with Gasteiger partial charge in [-0.15, -0.1) is 11.3 Å². The quantitative estimate of drug-likeness (QED) is 0.686. The normalized spacial score (nSPS) is 9.46. The smallest absolute Gasteiger partial charge is 0.134 e. The van der Waals surface area contributed by atoms with Crippen molar-refractivity contribution in [3.63, 3.8) is 0 Å². The fourth-order valence-corrected chi connectivity index (χ4v) is 1.60. The molecule has 0 N–H and O–H groups in total. The number of thiazole rings is 1. The summed E-state index contributed by atoms with van der Waals surface area (Å²) < 4.78 is 0. The lowest BCUT2D eigenvalue weighted by Gasteiger charge is -1.93. The average Bonchev–Trinajstić information content (AvgIpc) is 2.67. The molecule has 0 unspecified atom stereocenters. The van der Waals surface area contributed by atoms with Gasteiger partial charge >= 0.3 is 0 Å². The molecule has 2 aromatic rings. The largest absolute Gasteiger partial charge is 0.255 e. The van der Waals surface area contributed by atoms with Crippen LogP contribution in [0.3, 0.4) is 0 Å². The summed E-state index contributed by atoms with van der Waals surface area (Å²) in [5.74, 6) is 0. The molecule has 2 rings (SSSR count). The third-order valence-corrected chi connectivity index (χ3v) is 2.31. The lowest BCUT2D eigenvalue weighted by Crippen LogP contribution is -1.83. The second-order valence-electron chi connectivity index (χ2n) is 2.36. The number of pyridine rings is 1. The fraction of sp³-hybridized carbons (Fsp3) is 0. The van der Waals surface area contributed by atoms with Crippen LogP contribution in [0.4, 0.5) is 0 Å². The van der Waals surface area contributed by atoms with Crippen LogP contribution in [0.1, 0.15) is 4.88 Å². The minimum Gasteiger partial charge on any atom is -0.255 e. The highest BCUT2D eigenvalue weighted by molar-refractivity contribution is 7.10. The third-order valence-electron chi connectivity index (χ3n) is 1.58. The Kier molecular flexibility index (Phi) is 2.02. The summed E-state index contributed by atoms with van der Waals surface area (Å²) in [5.41, 5.74) is 3.08. The van der Waals surface area contributed by atoms with E-state index in [4.69, 9.17) is 5.26 Å². The maximum atomic E-state index is 8.76. The summed E-state index contributed by atoms with van der Waals surface area (Å²) >= 11 is 1.33. The zero-order valence-corrected chi connectivity index (χ0v) is 7.45. The van der Waals surface area contributed by atoms with Crippen LogP contribution < -0.4 is 0 Å². The van der Waals surface area contributed by atoms with E-state index in [1.165, 1.54) is 11.3 Å². The van der Waals surface area contributed by atoms with Crippen LogP contribution >= 0.6 is 11.3 Å². The van der Waals surface area contributed by atoms with Gasteiger partial charge in [0.25, 0.3) is 0 Å². The van der Waals surface area contributed by atoms with Crippen LogP contribution in [0.15, 0.2) is 29.9 Å². The predicted octanol–water partition coefficient (Wildman–Crippen LogP) is 2.08. The summed E-state index contributed by atoms with van der Waals surface area (Å²) in [7, 11) is 0. The standard InChI is InChI=1S/C9H5N3S/c10-5-8-9(12-6-13-8)7-3-1-2-4-11-7/h1-4,6H. The predicted molar refractivity (Wildman–Crippen MR) is 50.1 cm³/mol. The van der Waals surface area contributed by atoms with E-state index in [1.54, 1.807) is 11.7 Å². The van der Waals surface area contributed by atoms with Crippen LogP contribution in [0.2, 0.25) is 0 Å². The summed E-state index contributed by atoms with van der Waals surface area (Å²) in [4.78, 5) is 8.82. The van der Waals surface area contributed by atoms with Crippen molar-refractivity contribution in [1.82, 2.24) is 9.97 Å². The van der Waals surface area contributed by atoms with Crippen molar-refractivity contribution in [3.8, 4) is 17.5 Å². The molecule has 2 aromatic heterocycles. The summed E-state index contributed by atoms with van der Waals surface area (Å²) in [6.45, 7) is 0. The minimum absolute atomic E-state index is 0.610. The van der Waals surface area contributed by atoms with Crippen LogP contribution in [-0.2, 0) is 0 Å². The van der Waals surface area contributed by atoms with Crippen molar-refractivity contribution in [2.45, 2.75) is 0 Å². The molecule has 0 spiro atoms. The molecule has 0 aromatic carbocycles. The highest BCUT2D eigenvalue weighted by atomic mass is 32.1. The van der Waals surface area contributed by atoms with Crippen molar-refractivity contribution in [3.05, 3.63) is 34.8 Å². The van der Waals surface area contributed by atoms with E-state index in [2.05, 4.69) is 16.0 Å². The maximum Gasteiger partial charge on any atom is 0.134 e. The van der Waals surface area contributed by atoms with Crippen LogP contribution in [0.5, 0.6) is 0 Å². The van der Waals surface area contributed by atoms with Gasteiger partial charge in [-0.1, -0.05) is 6.07 Å². The Bertz CT molecular complexity index is 441. The Hall–Kier alpha value is -1.73. The number of nitriles is 1. The van der Waals surface area contributed by atoms with Gasteiger partial charge in [0, 0.05) is 6.20 Å². The summed E-state index contributed by atoms with van der Waals surface area (Å²) in [5, 5.41) is 8.76. The van der Waals surface area contributed by atoms with Gasteiger partial charge in [-0.25, -0.2) is 4.98 Å². The van der Waals surface area contributed by atoms with Gasteiger partial charge in [0.05, 0.1) is 11.2 Å². The molecule has 4 heteroatoms. The van der Waals surface area contributed by atoms with E-state index in [1.807, 2.05) is 18.2 Å². The molecule has 0 fully saturated rings. The Morgan fingerprint density at radius 3 is 2.92 bits per heavy atom. The van der Waals surface area contributed by atoms with Crippen LogP contribution in [-0.4, -0.2) is 9.97 Å². The van der Waals surface area contributed by atoms with Crippen molar-refractivity contribution in [1.29, 1.82) is 5.26 Å². The Morgan fingerprint density at radius 1 is 1.31 bits per heavy atom. The second-order valence-corrected chi connectivity index (χ2v) is 3.21. The number of nitrogens with zero attached hydrogens (tertiary/aromatic N) is 3. The zero-order chi connectivity index (χ0) is 9.10. The molecule has 0 saturated heterocycles. The highest BCUT2D eigenvalue weighted by Gasteiger charge is 2.07. The highest BCUT2D eigenvalue weighted by Crippen LogP contribution is 2.21. The molecule has 0 aliphatic rings. The number of aromatic nitrogens is 2. The number of hydrogen-bond donors (Lipinski definition) is 0. The first-order valence-electron chi connectivity index (χ1n) is 3.67. The van der Waals surface area contributed by atoms with Gasteiger partial charge in [-0.2, -0.15) is 5.26 Å². The van der Waals surface area contributed by atoms with Crippen molar-refractivity contribution < 1.29 is 0 Å². The van der Waals surface area contributed by atoms with Gasteiger partial charge in [0.2, 0.25) is 0 Å². The topological polar surface area (TPSA) is 49.6 Å². The number of hydrogen-bond acceptors (Lipinski definition) is 4. The molecule has 0 aliphatic carbocycles. The Labute approximate surface area is 79.3 Å². The molecule has 13 heavy (non-hydrogen) atoms. The van der Waals surface area contributed by atoms with E-state index in [9.17, 15) is 0 Å². The fourth-order valence-electron chi connectivity index (χ4n) is 1.01. The molecular formula is C9H5N3S. The Morgan fingerprint density at radius 2 is 2.23 bits per heavy atom.